The zero-order chi connectivity index (χ0) is 24.1. The summed E-state index contributed by atoms with van der Waals surface area (Å²) in [6, 6.07) is 3.45. The van der Waals surface area contributed by atoms with Crippen molar-refractivity contribution in [3.63, 3.8) is 0 Å². The Morgan fingerprint density at radius 1 is 1.09 bits per heavy atom. The van der Waals surface area contributed by atoms with Gasteiger partial charge in [0.15, 0.2) is 6.61 Å². The van der Waals surface area contributed by atoms with Gasteiger partial charge in [-0.1, -0.05) is 6.07 Å². The van der Waals surface area contributed by atoms with E-state index in [0.29, 0.717) is 19.6 Å². The van der Waals surface area contributed by atoms with Crippen molar-refractivity contribution in [1.82, 2.24) is 20.9 Å². The molecule has 1 aromatic rings. The van der Waals surface area contributed by atoms with Crippen molar-refractivity contribution in [2.45, 2.75) is 44.2 Å². The van der Waals surface area contributed by atoms with Crippen LogP contribution >= 0.6 is 0 Å². The third-order valence-electron chi connectivity index (χ3n) is 6.07. The summed E-state index contributed by atoms with van der Waals surface area (Å²) in [5.41, 5.74) is 0.114. The molecule has 2 fully saturated rings. The van der Waals surface area contributed by atoms with Gasteiger partial charge in [-0.25, -0.2) is 0 Å². The number of carbonyl (C=O) groups is 5. The van der Waals surface area contributed by atoms with Crippen LogP contribution in [0.15, 0.2) is 18.2 Å². The second-order valence-electron chi connectivity index (χ2n) is 8.44. The first-order valence-corrected chi connectivity index (χ1v) is 11.5. The number of hydrogen-bond acceptors (Lipinski definition) is 8. The Hall–Kier alpha value is -3.31. The van der Waals surface area contributed by atoms with E-state index in [-0.39, 0.29) is 48.3 Å². The fourth-order valence-electron chi connectivity index (χ4n) is 4.31. The third-order valence-corrected chi connectivity index (χ3v) is 6.07. The summed E-state index contributed by atoms with van der Waals surface area (Å²) in [5.74, 6) is -2.70. The van der Waals surface area contributed by atoms with Crippen molar-refractivity contribution in [3.8, 4) is 5.75 Å². The number of piperidine rings is 2. The minimum Gasteiger partial charge on any atom is -0.483 e. The molecular formula is C23H28N4O7. The molecule has 2 saturated heterocycles. The predicted octanol–water partition coefficient (Wildman–Crippen LogP) is -0.258. The van der Waals surface area contributed by atoms with Crippen molar-refractivity contribution in [2.24, 2.45) is 0 Å². The van der Waals surface area contributed by atoms with Crippen molar-refractivity contribution >= 4 is 29.5 Å². The van der Waals surface area contributed by atoms with Crippen molar-refractivity contribution < 1.29 is 33.4 Å². The van der Waals surface area contributed by atoms with Gasteiger partial charge in [-0.3, -0.25) is 34.2 Å². The average molecular weight is 472 g/mol. The lowest BCUT2D eigenvalue weighted by Crippen LogP contribution is -2.54. The zero-order valence-corrected chi connectivity index (χ0v) is 18.8. The van der Waals surface area contributed by atoms with E-state index in [4.69, 9.17) is 9.47 Å². The van der Waals surface area contributed by atoms with Gasteiger partial charge in [0.1, 0.15) is 11.8 Å². The smallest absolute Gasteiger partial charge is 0.266 e. The Labute approximate surface area is 196 Å². The van der Waals surface area contributed by atoms with E-state index in [0.717, 1.165) is 30.8 Å². The molecule has 5 amide bonds. The van der Waals surface area contributed by atoms with Gasteiger partial charge >= 0.3 is 0 Å². The Morgan fingerprint density at radius 2 is 1.88 bits per heavy atom. The lowest BCUT2D eigenvalue weighted by atomic mass is 10.0. The Balaban J connectivity index is 1.28. The lowest BCUT2D eigenvalue weighted by molar-refractivity contribution is -0.136. The molecule has 0 spiro atoms. The molecule has 0 aromatic heterocycles. The minimum atomic E-state index is -1.06. The van der Waals surface area contributed by atoms with E-state index in [2.05, 4.69) is 16.0 Å². The van der Waals surface area contributed by atoms with Gasteiger partial charge in [0.05, 0.1) is 17.2 Å². The molecule has 0 radical (unpaired) electrons. The molecular weight excluding hydrogens is 444 g/mol. The molecule has 11 heteroatoms. The molecule has 3 aliphatic heterocycles. The normalized spacial score (nSPS) is 20.8. The zero-order valence-electron chi connectivity index (χ0n) is 18.8. The standard InChI is InChI=1S/C23H28N4O7/c28-18-6-5-16(21(30)26-18)27-22(31)15-3-1-4-17(20(15)23(27)32)34-13-19(29)25-9-2-12-33-14-7-10-24-11-8-14/h1,3-4,14,16,24H,2,5-13H2,(H,25,29)(H,26,28,30). The quantitative estimate of drug-likeness (QED) is 0.330. The average Bonchev–Trinajstić information content (AvgIpc) is 3.09. The first-order chi connectivity index (χ1) is 16.5. The minimum absolute atomic E-state index is 0.0142. The molecule has 11 nitrogen and oxygen atoms in total. The number of nitrogens with zero attached hydrogens (tertiary/aromatic N) is 1. The molecule has 3 aliphatic rings. The van der Waals surface area contributed by atoms with Crippen LogP contribution in [0.2, 0.25) is 0 Å². The molecule has 34 heavy (non-hydrogen) atoms. The Morgan fingerprint density at radius 3 is 2.65 bits per heavy atom. The van der Waals surface area contributed by atoms with Gasteiger partial charge < -0.3 is 20.1 Å². The summed E-state index contributed by atoms with van der Waals surface area (Å²) in [6.07, 6.45) is 3.02. The summed E-state index contributed by atoms with van der Waals surface area (Å²) < 4.78 is 11.4. The number of ether oxygens (including phenoxy) is 2. The molecule has 182 valence electrons. The van der Waals surface area contributed by atoms with Crippen molar-refractivity contribution in [3.05, 3.63) is 29.3 Å². The van der Waals surface area contributed by atoms with Crippen LogP contribution in [0.5, 0.6) is 5.75 Å². The molecule has 0 bridgehead atoms. The van der Waals surface area contributed by atoms with Crippen LogP contribution in [0, 0.1) is 0 Å². The van der Waals surface area contributed by atoms with E-state index < -0.39 is 29.7 Å². The number of imide groups is 2. The summed E-state index contributed by atoms with van der Waals surface area (Å²) in [6.45, 7) is 2.58. The number of nitrogens with one attached hydrogen (secondary N) is 3. The highest BCUT2D eigenvalue weighted by Crippen LogP contribution is 2.33. The molecule has 1 aromatic carbocycles. The first kappa shape index (κ1) is 23.8. The number of hydrogen-bond donors (Lipinski definition) is 3. The van der Waals surface area contributed by atoms with E-state index in [9.17, 15) is 24.0 Å². The van der Waals surface area contributed by atoms with Gasteiger partial charge in [-0.2, -0.15) is 0 Å². The maximum atomic E-state index is 13.0. The molecule has 3 N–H and O–H groups in total. The van der Waals surface area contributed by atoms with Crippen LogP contribution in [0.3, 0.4) is 0 Å². The van der Waals surface area contributed by atoms with Gasteiger partial charge in [0.25, 0.3) is 17.7 Å². The molecule has 4 rings (SSSR count). The van der Waals surface area contributed by atoms with Crippen LogP contribution in [-0.4, -0.2) is 79.4 Å². The maximum Gasteiger partial charge on any atom is 0.266 e. The monoisotopic (exact) mass is 472 g/mol. The highest BCUT2D eigenvalue weighted by Gasteiger charge is 2.46. The number of rotatable bonds is 9. The maximum absolute atomic E-state index is 13.0. The fraction of sp³-hybridized carbons (Fsp3) is 0.522. The third kappa shape index (κ3) is 5.26. The molecule has 0 saturated carbocycles. The number of fused-ring (bicyclic) bond motifs is 1. The molecule has 3 heterocycles. The van der Waals surface area contributed by atoms with E-state index in [1.807, 2.05) is 0 Å². The Kier molecular flexibility index (Phi) is 7.53. The van der Waals surface area contributed by atoms with Gasteiger partial charge in [0, 0.05) is 19.6 Å². The largest absolute Gasteiger partial charge is 0.483 e. The highest BCUT2D eigenvalue weighted by atomic mass is 16.5. The van der Waals surface area contributed by atoms with Gasteiger partial charge in [-0.15, -0.1) is 0 Å². The summed E-state index contributed by atoms with van der Waals surface area (Å²) in [4.78, 5) is 62.5. The van der Waals surface area contributed by atoms with Gasteiger partial charge in [-0.05, 0) is 50.9 Å². The van der Waals surface area contributed by atoms with Gasteiger partial charge in [0.2, 0.25) is 11.8 Å². The number of amides is 5. The number of carbonyl (C=O) groups excluding carboxylic acids is 5. The summed E-state index contributed by atoms with van der Waals surface area (Å²) >= 11 is 0. The van der Waals surface area contributed by atoms with Crippen LogP contribution in [-0.2, 0) is 19.1 Å². The molecule has 1 atom stereocenters. The van der Waals surface area contributed by atoms with Crippen LogP contribution in [0.25, 0.3) is 0 Å². The van der Waals surface area contributed by atoms with E-state index in [1.165, 1.54) is 12.1 Å². The van der Waals surface area contributed by atoms with Crippen LogP contribution in [0.4, 0.5) is 0 Å². The molecule has 0 aliphatic carbocycles. The molecule has 1 unspecified atom stereocenters. The van der Waals surface area contributed by atoms with Crippen LogP contribution < -0.4 is 20.7 Å². The second kappa shape index (κ2) is 10.7. The topological polar surface area (TPSA) is 143 Å². The lowest BCUT2D eigenvalue weighted by Gasteiger charge is -2.27. The SMILES string of the molecule is O=C(COc1cccc2c1C(=O)N(C1CCC(=O)NC1=O)C2=O)NCCCOC1CCNCC1. The van der Waals surface area contributed by atoms with Crippen molar-refractivity contribution in [2.75, 3.05) is 32.8 Å². The predicted molar refractivity (Wildman–Crippen MR) is 118 cm³/mol. The second-order valence-corrected chi connectivity index (χ2v) is 8.44. The fourth-order valence-corrected chi connectivity index (χ4v) is 4.31. The van der Waals surface area contributed by atoms with Crippen LogP contribution in [0.1, 0.15) is 52.8 Å². The summed E-state index contributed by atoms with van der Waals surface area (Å²) in [5, 5.41) is 8.18. The summed E-state index contributed by atoms with van der Waals surface area (Å²) in [7, 11) is 0. The highest BCUT2D eigenvalue weighted by molar-refractivity contribution is 6.24. The van der Waals surface area contributed by atoms with Crippen molar-refractivity contribution in [1.29, 1.82) is 0 Å². The number of benzene rings is 1. The van der Waals surface area contributed by atoms with E-state index >= 15 is 0 Å². The first-order valence-electron chi connectivity index (χ1n) is 11.5. The van der Waals surface area contributed by atoms with E-state index in [1.54, 1.807) is 6.07 Å². The Bertz CT molecular complexity index is 990.